The fraction of sp³-hybridized carbons (Fsp3) is 0.267. The van der Waals surface area contributed by atoms with Crippen LogP contribution in [0.1, 0.15) is 42.6 Å². The van der Waals surface area contributed by atoms with Crippen molar-refractivity contribution < 1.29 is 4.79 Å². The molecule has 0 saturated heterocycles. The molecule has 4 nitrogen and oxygen atoms in total. The van der Waals surface area contributed by atoms with Gasteiger partial charge in [-0.05, 0) is 37.0 Å². The normalized spacial score (nSPS) is 10.9. The number of aryl methyl sites for hydroxylation is 1. The molecule has 0 unspecified atom stereocenters. The predicted octanol–water partition coefficient (Wildman–Crippen LogP) is 7.10. The largest absolute Gasteiger partial charge is 0.352 e. The fourth-order valence-electron chi connectivity index (χ4n) is 4.09. The van der Waals surface area contributed by atoms with Gasteiger partial charge in [0.15, 0.2) is 5.16 Å². The molecule has 4 rings (SSSR count). The zero-order valence-corrected chi connectivity index (χ0v) is 21.4. The van der Waals surface area contributed by atoms with Crippen molar-refractivity contribution in [2.45, 2.75) is 44.8 Å². The standard InChI is InChI=1S/C30H33N3OS/c1-3-21-33-28(25-14-9-6-10-15-25)27(24-12-7-5-8-13-24)32-30(33)35-22-11-20-31-29(34)26-18-16-23(4-2)17-19-26/h5-10,12-19H,3-4,11,20-22H2,1-2H3,(H,31,34). The molecular formula is C30H33N3OS. The first-order valence-corrected chi connectivity index (χ1v) is 13.4. The molecule has 1 N–H and O–H groups in total. The van der Waals surface area contributed by atoms with E-state index >= 15 is 0 Å². The minimum atomic E-state index is -0.0112. The van der Waals surface area contributed by atoms with Crippen LogP contribution >= 0.6 is 11.8 Å². The number of hydrogen-bond acceptors (Lipinski definition) is 3. The molecule has 3 aromatic carbocycles. The van der Waals surface area contributed by atoms with Crippen LogP contribution in [0, 0.1) is 0 Å². The zero-order valence-electron chi connectivity index (χ0n) is 20.5. The number of nitrogens with one attached hydrogen (secondary N) is 1. The van der Waals surface area contributed by atoms with Crippen molar-refractivity contribution in [3.8, 4) is 22.5 Å². The first-order chi connectivity index (χ1) is 17.2. The molecule has 0 saturated carbocycles. The van der Waals surface area contributed by atoms with Gasteiger partial charge in [-0.15, -0.1) is 0 Å². The molecule has 0 bridgehead atoms. The third-order valence-corrected chi connectivity index (χ3v) is 7.00. The van der Waals surface area contributed by atoms with Gasteiger partial charge in [-0.1, -0.05) is 98.4 Å². The summed E-state index contributed by atoms with van der Waals surface area (Å²) in [6.45, 7) is 5.88. The van der Waals surface area contributed by atoms with E-state index in [2.05, 4.69) is 72.3 Å². The van der Waals surface area contributed by atoms with E-state index in [0.29, 0.717) is 12.1 Å². The average molecular weight is 484 g/mol. The fourth-order valence-corrected chi connectivity index (χ4v) is 5.06. The molecule has 0 fully saturated rings. The molecule has 0 radical (unpaired) electrons. The molecular weight excluding hydrogens is 450 g/mol. The molecule has 1 heterocycles. The van der Waals surface area contributed by atoms with Crippen molar-refractivity contribution in [2.75, 3.05) is 12.3 Å². The Hall–Kier alpha value is -3.31. The topological polar surface area (TPSA) is 46.9 Å². The quantitative estimate of drug-likeness (QED) is 0.183. The molecule has 0 spiro atoms. The molecule has 5 heteroatoms. The third-order valence-electron chi connectivity index (χ3n) is 5.94. The number of amides is 1. The van der Waals surface area contributed by atoms with Gasteiger partial charge in [0, 0.05) is 35.5 Å². The average Bonchev–Trinajstić information content (AvgIpc) is 3.27. The van der Waals surface area contributed by atoms with Gasteiger partial charge in [0.2, 0.25) is 0 Å². The van der Waals surface area contributed by atoms with Crippen molar-refractivity contribution in [3.05, 3.63) is 96.1 Å². The second kappa shape index (κ2) is 12.4. The van der Waals surface area contributed by atoms with Crippen LogP contribution in [0.3, 0.4) is 0 Å². The highest BCUT2D eigenvalue weighted by Crippen LogP contribution is 2.36. The second-order valence-electron chi connectivity index (χ2n) is 8.48. The van der Waals surface area contributed by atoms with E-state index in [9.17, 15) is 4.79 Å². The molecule has 180 valence electrons. The summed E-state index contributed by atoms with van der Waals surface area (Å²) in [7, 11) is 0. The van der Waals surface area contributed by atoms with Crippen molar-refractivity contribution in [1.29, 1.82) is 0 Å². The van der Waals surface area contributed by atoms with Gasteiger partial charge in [0.05, 0.1) is 11.4 Å². The van der Waals surface area contributed by atoms with E-state index in [1.807, 2.05) is 36.4 Å². The van der Waals surface area contributed by atoms with Gasteiger partial charge in [-0.3, -0.25) is 4.79 Å². The summed E-state index contributed by atoms with van der Waals surface area (Å²) >= 11 is 1.76. The Morgan fingerprint density at radius 3 is 2.17 bits per heavy atom. The number of thioether (sulfide) groups is 1. The van der Waals surface area contributed by atoms with Crippen LogP contribution in [-0.2, 0) is 13.0 Å². The first kappa shape index (κ1) is 24.8. The lowest BCUT2D eigenvalue weighted by molar-refractivity contribution is 0.0954. The highest BCUT2D eigenvalue weighted by atomic mass is 32.2. The highest BCUT2D eigenvalue weighted by molar-refractivity contribution is 7.99. The van der Waals surface area contributed by atoms with Crippen molar-refractivity contribution in [2.24, 2.45) is 0 Å². The van der Waals surface area contributed by atoms with Crippen LogP contribution in [0.15, 0.2) is 90.1 Å². The van der Waals surface area contributed by atoms with Crippen LogP contribution < -0.4 is 5.32 Å². The Labute approximate surface area is 212 Å². The summed E-state index contributed by atoms with van der Waals surface area (Å²) < 4.78 is 2.36. The lowest BCUT2D eigenvalue weighted by atomic mass is 10.0. The van der Waals surface area contributed by atoms with E-state index in [-0.39, 0.29) is 5.91 Å². The lowest BCUT2D eigenvalue weighted by Crippen LogP contribution is -2.24. The third kappa shape index (κ3) is 6.23. The molecule has 0 aliphatic carbocycles. The Morgan fingerprint density at radius 1 is 0.886 bits per heavy atom. The summed E-state index contributed by atoms with van der Waals surface area (Å²) in [6, 6.07) is 28.8. The smallest absolute Gasteiger partial charge is 0.251 e. The minimum Gasteiger partial charge on any atom is -0.352 e. The van der Waals surface area contributed by atoms with Gasteiger partial charge in [-0.2, -0.15) is 0 Å². The number of hydrogen-bond donors (Lipinski definition) is 1. The van der Waals surface area contributed by atoms with E-state index < -0.39 is 0 Å². The van der Waals surface area contributed by atoms with Gasteiger partial charge in [-0.25, -0.2) is 4.98 Å². The Bertz CT molecular complexity index is 1220. The van der Waals surface area contributed by atoms with Crippen LogP contribution in [0.5, 0.6) is 0 Å². The summed E-state index contributed by atoms with van der Waals surface area (Å²) in [5.74, 6) is 0.876. The lowest BCUT2D eigenvalue weighted by Gasteiger charge is -2.12. The van der Waals surface area contributed by atoms with Gasteiger partial charge in [0.25, 0.3) is 5.91 Å². The first-order valence-electron chi connectivity index (χ1n) is 12.4. The van der Waals surface area contributed by atoms with E-state index in [4.69, 9.17) is 4.98 Å². The predicted molar refractivity (Wildman–Crippen MR) is 147 cm³/mol. The van der Waals surface area contributed by atoms with Crippen molar-refractivity contribution >= 4 is 17.7 Å². The zero-order chi connectivity index (χ0) is 24.5. The number of imidazole rings is 1. The molecule has 35 heavy (non-hydrogen) atoms. The maximum Gasteiger partial charge on any atom is 0.251 e. The Kier molecular flexibility index (Phi) is 8.79. The van der Waals surface area contributed by atoms with E-state index in [1.54, 1.807) is 11.8 Å². The van der Waals surface area contributed by atoms with Crippen molar-refractivity contribution in [1.82, 2.24) is 14.9 Å². The monoisotopic (exact) mass is 483 g/mol. The van der Waals surface area contributed by atoms with E-state index in [1.165, 1.54) is 16.8 Å². The Morgan fingerprint density at radius 2 is 1.54 bits per heavy atom. The second-order valence-corrected chi connectivity index (χ2v) is 9.55. The molecule has 0 aliphatic heterocycles. The van der Waals surface area contributed by atoms with E-state index in [0.717, 1.165) is 48.0 Å². The number of nitrogens with zero attached hydrogens (tertiary/aromatic N) is 2. The summed E-state index contributed by atoms with van der Waals surface area (Å²) in [4.78, 5) is 17.6. The number of carbonyl (C=O) groups excluding carboxylic acids is 1. The minimum absolute atomic E-state index is 0.0112. The van der Waals surface area contributed by atoms with Crippen molar-refractivity contribution in [3.63, 3.8) is 0 Å². The number of carbonyl (C=O) groups is 1. The Balaban J connectivity index is 1.46. The van der Waals surface area contributed by atoms with Gasteiger partial charge < -0.3 is 9.88 Å². The summed E-state index contributed by atoms with van der Waals surface area (Å²) in [5, 5.41) is 4.08. The number of rotatable bonds is 11. The summed E-state index contributed by atoms with van der Waals surface area (Å²) in [6.07, 6.45) is 2.89. The van der Waals surface area contributed by atoms with Crippen LogP contribution in [0.4, 0.5) is 0 Å². The molecule has 1 aromatic heterocycles. The molecule has 0 aliphatic rings. The highest BCUT2D eigenvalue weighted by Gasteiger charge is 2.19. The number of benzene rings is 3. The van der Waals surface area contributed by atoms with Crippen LogP contribution in [-0.4, -0.2) is 27.8 Å². The maximum atomic E-state index is 12.4. The molecule has 1 amide bonds. The van der Waals surface area contributed by atoms with Crippen LogP contribution in [0.2, 0.25) is 0 Å². The van der Waals surface area contributed by atoms with Gasteiger partial charge >= 0.3 is 0 Å². The number of aromatic nitrogens is 2. The van der Waals surface area contributed by atoms with Crippen LogP contribution in [0.25, 0.3) is 22.5 Å². The molecule has 4 aromatic rings. The van der Waals surface area contributed by atoms with Gasteiger partial charge in [0.1, 0.15) is 0 Å². The SMILES string of the molecule is CCCn1c(SCCCNC(=O)c2ccc(CC)cc2)nc(-c2ccccc2)c1-c1ccccc1. The maximum absolute atomic E-state index is 12.4. The molecule has 0 atom stereocenters. The summed E-state index contributed by atoms with van der Waals surface area (Å²) in [5.41, 5.74) is 6.46.